The first-order valence-corrected chi connectivity index (χ1v) is 7.43. The van der Waals surface area contributed by atoms with Gasteiger partial charge in [-0.25, -0.2) is 0 Å². The van der Waals surface area contributed by atoms with E-state index in [1.807, 2.05) is 0 Å². The number of amides is 2. The first-order valence-electron chi connectivity index (χ1n) is 7.43. The molecular formula is C15H12N4O4. The van der Waals surface area contributed by atoms with Crippen LogP contribution in [0.25, 0.3) is 11.0 Å². The van der Waals surface area contributed by atoms with Gasteiger partial charge in [0.05, 0.1) is 5.57 Å². The van der Waals surface area contributed by atoms with Crippen molar-refractivity contribution in [3.63, 3.8) is 0 Å². The molecule has 1 saturated carbocycles. The molecule has 0 radical (unpaired) electrons. The van der Waals surface area contributed by atoms with Crippen LogP contribution in [0.4, 0.5) is 0 Å². The van der Waals surface area contributed by atoms with Gasteiger partial charge < -0.3 is 4.89 Å². The molecule has 2 aliphatic carbocycles. The zero-order valence-corrected chi connectivity index (χ0v) is 12.0. The van der Waals surface area contributed by atoms with Crippen molar-refractivity contribution in [3.8, 4) is 5.75 Å². The highest BCUT2D eigenvalue weighted by Gasteiger charge is 2.60. The lowest BCUT2D eigenvalue weighted by atomic mass is 9.90. The maximum absolute atomic E-state index is 12.1. The Morgan fingerprint density at radius 1 is 1.22 bits per heavy atom. The second-order valence-corrected chi connectivity index (χ2v) is 6.12. The van der Waals surface area contributed by atoms with Crippen LogP contribution >= 0.6 is 0 Å². The van der Waals surface area contributed by atoms with Gasteiger partial charge in [0.15, 0.2) is 11.3 Å². The molecule has 2 atom stereocenters. The Balaban J connectivity index is 1.49. The Kier molecular flexibility index (Phi) is 2.31. The fourth-order valence-electron chi connectivity index (χ4n) is 3.95. The van der Waals surface area contributed by atoms with Crippen molar-refractivity contribution in [2.45, 2.75) is 24.9 Å². The number of imide groups is 1. The van der Waals surface area contributed by atoms with Gasteiger partial charge in [0, 0.05) is 5.57 Å². The molecular weight excluding hydrogens is 300 g/mol. The lowest BCUT2D eigenvalue weighted by Crippen LogP contribution is -2.37. The van der Waals surface area contributed by atoms with Crippen LogP contribution in [0.1, 0.15) is 19.3 Å². The number of hydrogen-bond acceptors (Lipinski definition) is 6. The van der Waals surface area contributed by atoms with Crippen LogP contribution < -0.4 is 10.2 Å². The van der Waals surface area contributed by atoms with E-state index >= 15 is 0 Å². The molecule has 2 bridgehead atoms. The van der Waals surface area contributed by atoms with Crippen LogP contribution in [0.5, 0.6) is 5.75 Å². The summed E-state index contributed by atoms with van der Waals surface area (Å²) >= 11 is 0. The normalized spacial score (nSPS) is 28.6. The van der Waals surface area contributed by atoms with E-state index in [1.165, 1.54) is 0 Å². The van der Waals surface area contributed by atoms with E-state index in [9.17, 15) is 9.59 Å². The number of nitrogens with zero attached hydrogens (tertiary/aromatic N) is 2. The molecule has 5 rings (SSSR count). The van der Waals surface area contributed by atoms with Crippen molar-refractivity contribution in [1.82, 2.24) is 20.7 Å². The third-order valence-corrected chi connectivity index (χ3v) is 4.91. The summed E-state index contributed by atoms with van der Waals surface area (Å²) in [6.45, 7) is 0. The minimum absolute atomic E-state index is 0.0721. The predicted octanol–water partition coefficient (Wildman–Crippen LogP) is 0.774. The molecule has 23 heavy (non-hydrogen) atoms. The molecule has 1 aromatic heterocycles. The Morgan fingerprint density at radius 3 is 3.04 bits per heavy atom. The quantitative estimate of drug-likeness (QED) is 0.493. The van der Waals surface area contributed by atoms with E-state index in [2.05, 4.69) is 20.7 Å². The minimum Gasteiger partial charge on any atom is -0.334 e. The Labute approximate surface area is 129 Å². The van der Waals surface area contributed by atoms with E-state index in [4.69, 9.17) is 9.78 Å². The second kappa shape index (κ2) is 4.17. The van der Waals surface area contributed by atoms with Crippen LogP contribution in [0.2, 0.25) is 0 Å². The van der Waals surface area contributed by atoms with Gasteiger partial charge in [-0.05, 0) is 37.3 Å². The molecule has 2 aromatic rings. The van der Waals surface area contributed by atoms with E-state index in [-0.39, 0.29) is 17.7 Å². The first kappa shape index (κ1) is 12.8. The summed E-state index contributed by atoms with van der Waals surface area (Å²) in [6.07, 6.45) is 2.08. The highest BCUT2D eigenvalue weighted by molar-refractivity contribution is 6.21. The summed E-state index contributed by atoms with van der Waals surface area (Å²) in [5.74, 6) is -0.162. The lowest BCUT2D eigenvalue weighted by Gasteiger charge is -2.26. The number of para-hydroxylation sites is 1. The van der Waals surface area contributed by atoms with Crippen LogP contribution in [0.15, 0.2) is 29.3 Å². The molecule has 2 unspecified atom stereocenters. The monoisotopic (exact) mass is 312 g/mol. The lowest BCUT2D eigenvalue weighted by molar-refractivity contribution is -0.274. The second-order valence-electron chi connectivity index (χ2n) is 6.12. The SMILES string of the molecule is O=C1NC(=O)C2=C1C1CCC2(OOc2cccc3n[nH]nc23)C1. The van der Waals surface area contributed by atoms with Gasteiger partial charge in [-0.15, -0.1) is 0 Å². The van der Waals surface area contributed by atoms with Gasteiger partial charge in [-0.3, -0.25) is 14.9 Å². The van der Waals surface area contributed by atoms with Crippen molar-refractivity contribution in [2.75, 3.05) is 0 Å². The van der Waals surface area contributed by atoms with Gasteiger partial charge in [-0.1, -0.05) is 6.07 Å². The summed E-state index contributed by atoms with van der Waals surface area (Å²) in [6, 6.07) is 5.30. The van der Waals surface area contributed by atoms with Gasteiger partial charge in [0.1, 0.15) is 11.1 Å². The number of aromatic nitrogens is 3. The molecule has 8 nitrogen and oxygen atoms in total. The fraction of sp³-hybridized carbons (Fsp3) is 0.333. The topological polar surface area (TPSA) is 106 Å². The highest BCUT2D eigenvalue weighted by Crippen LogP contribution is 2.55. The fourth-order valence-corrected chi connectivity index (χ4v) is 3.95. The van der Waals surface area contributed by atoms with E-state index < -0.39 is 5.60 Å². The molecule has 1 aliphatic heterocycles. The molecule has 3 aliphatic rings. The number of fused-ring (bicyclic) bond motifs is 5. The third-order valence-electron chi connectivity index (χ3n) is 4.91. The van der Waals surface area contributed by atoms with Crippen LogP contribution in [0.3, 0.4) is 0 Å². The smallest absolute Gasteiger partial charge is 0.257 e. The first-order chi connectivity index (χ1) is 11.2. The number of aromatic amines is 1. The van der Waals surface area contributed by atoms with Crippen molar-refractivity contribution >= 4 is 22.8 Å². The average molecular weight is 312 g/mol. The summed E-state index contributed by atoms with van der Waals surface area (Å²) in [5, 5.41) is 12.9. The number of H-pyrrole nitrogens is 1. The molecule has 2 heterocycles. The Morgan fingerprint density at radius 2 is 2.13 bits per heavy atom. The van der Waals surface area contributed by atoms with Crippen LogP contribution in [-0.4, -0.2) is 32.8 Å². The van der Waals surface area contributed by atoms with E-state index in [0.29, 0.717) is 40.8 Å². The molecule has 2 N–H and O–H groups in total. The van der Waals surface area contributed by atoms with Crippen molar-refractivity contribution in [2.24, 2.45) is 5.92 Å². The number of carbonyl (C=O) groups is 2. The third kappa shape index (κ3) is 1.58. The standard InChI is InChI=1S/C15H12N4O4/c20-13-10-7-4-5-15(6-7,11(10)14(21)16-13)23-22-9-3-1-2-8-12(9)18-19-17-8/h1-3,7H,4-6H2,(H,16,20,21)(H,17,18,19). The van der Waals surface area contributed by atoms with E-state index in [0.717, 1.165) is 6.42 Å². The molecule has 1 aromatic carbocycles. The van der Waals surface area contributed by atoms with Crippen molar-refractivity contribution in [3.05, 3.63) is 29.3 Å². The Hall–Kier alpha value is -2.74. The minimum atomic E-state index is -0.845. The number of rotatable bonds is 3. The zero-order chi connectivity index (χ0) is 15.6. The zero-order valence-electron chi connectivity index (χ0n) is 12.0. The highest BCUT2D eigenvalue weighted by atomic mass is 17.2. The number of hydrogen-bond donors (Lipinski definition) is 2. The predicted molar refractivity (Wildman–Crippen MR) is 75.8 cm³/mol. The number of benzene rings is 1. The average Bonchev–Trinajstić information content (AvgIpc) is 3.28. The molecule has 0 saturated heterocycles. The Bertz CT molecular complexity index is 902. The largest absolute Gasteiger partial charge is 0.334 e. The number of carbonyl (C=O) groups excluding carboxylic acids is 2. The summed E-state index contributed by atoms with van der Waals surface area (Å²) in [7, 11) is 0. The van der Waals surface area contributed by atoms with Gasteiger partial charge >= 0.3 is 0 Å². The maximum Gasteiger partial charge on any atom is 0.257 e. The maximum atomic E-state index is 12.1. The van der Waals surface area contributed by atoms with Crippen LogP contribution in [0, 0.1) is 5.92 Å². The van der Waals surface area contributed by atoms with Gasteiger partial charge in [0.25, 0.3) is 11.8 Å². The molecule has 8 heteroatoms. The summed E-state index contributed by atoms with van der Waals surface area (Å²) < 4.78 is 0. The summed E-state index contributed by atoms with van der Waals surface area (Å²) in [4.78, 5) is 35.2. The van der Waals surface area contributed by atoms with Crippen molar-refractivity contribution in [1.29, 1.82) is 0 Å². The molecule has 116 valence electrons. The van der Waals surface area contributed by atoms with Gasteiger partial charge in [0.2, 0.25) is 0 Å². The van der Waals surface area contributed by atoms with Gasteiger partial charge in [-0.2, -0.15) is 20.3 Å². The molecule has 0 spiro atoms. The number of nitrogens with one attached hydrogen (secondary N) is 2. The van der Waals surface area contributed by atoms with Crippen molar-refractivity contribution < 1.29 is 19.4 Å². The van der Waals surface area contributed by atoms with Crippen LogP contribution in [-0.2, 0) is 14.5 Å². The molecule has 2 amide bonds. The molecule has 1 fully saturated rings. The summed E-state index contributed by atoms with van der Waals surface area (Å²) in [5.41, 5.74) is 1.38. The van der Waals surface area contributed by atoms with E-state index in [1.54, 1.807) is 18.2 Å².